The quantitative estimate of drug-likeness (QED) is 0.289. The first-order valence-corrected chi connectivity index (χ1v) is 14.9. The SMILES string of the molecule is COc1cc(N2CCC(N3CCOCC3)CC2)ccc1Nc1ncc2ccc(-c3ccccc3CNS(=O)[O-])n2n1. The Bertz CT molecular complexity index is 1520. The Morgan fingerprint density at radius 3 is 2.66 bits per heavy atom. The fraction of sp³-hybridized carbons (Fsp3) is 0.379. The zero-order valence-corrected chi connectivity index (χ0v) is 23.8. The maximum absolute atomic E-state index is 11.1. The number of hydrogen-bond acceptors (Lipinski definition) is 9. The highest BCUT2D eigenvalue weighted by Gasteiger charge is 2.26. The summed E-state index contributed by atoms with van der Waals surface area (Å²) in [6, 6.07) is 18.4. The lowest BCUT2D eigenvalue weighted by Gasteiger charge is -2.40. The highest BCUT2D eigenvalue weighted by Crippen LogP contribution is 2.33. The molecule has 0 bridgehead atoms. The first kappa shape index (κ1) is 27.6. The van der Waals surface area contributed by atoms with Gasteiger partial charge in [0.1, 0.15) is 5.75 Å². The molecule has 2 aromatic heterocycles. The van der Waals surface area contributed by atoms with E-state index in [9.17, 15) is 8.76 Å². The van der Waals surface area contributed by atoms with E-state index in [0.29, 0.717) is 12.0 Å². The minimum atomic E-state index is -2.35. The van der Waals surface area contributed by atoms with Crippen molar-refractivity contribution in [2.24, 2.45) is 0 Å². The number of hydrogen-bond donors (Lipinski definition) is 2. The highest BCUT2D eigenvalue weighted by atomic mass is 32.2. The average Bonchev–Trinajstić information content (AvgIpc) is 3.44. The molecule has 41 heavy (non-hydrogen) atoms. The van der Waals surface area contributed by atoms with Gasteiger partial charge in [-0.1, -0.05) is 24.3 Å². The second-order valence-corrected chi connectivity index (χ2v) is 11.0. The van der Waals surface area contributed by atoms with Crippen LogP contribution in [-0.4, -0.2) is 80.8 Å². The Morgan fingerprint density at radius 2 is 1.88 bits per heavy atom. The van der Waals surface area contributed by atoms with Gasteiger partial charge in [-0.2, -0.15) is 0 Å². The summed E-state index contributed by atoms with van der Waals surface area (Å²) in [5, 5.41) is 8.08. The molecule has 4 heterocycles. The molecule has 0 radical (unpaired) electrons. The van der Waals surface area contributed by atoms with Crippen molar-refractivity contribution in [2.75, 3.05) is 56.7 Å². The molecule has 4 aromatic rings. The van der Waals surface area contributed by atoms with Crippen molar-refractivity contribution in [2.45, 2.75) is 25.4 Å². The molecule has 1 atom stereocenters. The molecule has 2 aliphatic heterocycles. The zero-order chi connectivity index (χ0) is 28.2. The lowest BCUT2D eigenvalue weighted by molar-refractivity contribution is 0.0115. The normalized spacial score (nSPS) is 17.6. The first-order chi connectivity index (χ1) is 20.1. The smallest absolute Gasteiger partial charge is 0.245 e. The molecule has 216 valence electrons. The minimum Gasteiger partial charge on any atom is -0.760 e. The number of nitrogens with one attached hydrogen (secondary N) is 2. The molecule has 6 rings (SSSR count). The van der Waals surface area contributed by atoms with Crippen LogP contribution in [0.15, 0.2) is 60.8 Å². The Balaban J connectivity index is 1.19. The van der Waals surface area contributed by atoms with Crippen LogP contribution in [0.3, 0.4) is 0 Å². The van der Waals surface area contributed by atoms with E-state index in [1.807, 2.05) is 47.0 Å². The molecule has 0 amide bonds. The monoisotopic (exact) mass is 576 g/mol. The zero-order valence-electron chi connectivity index (χ0n) is 23.0. The predicted molar refractivity (Wildman–Crippen MR) is 158 cm³/mol. The van der Waals surface area contributed by atoms with E-state index in [4.69, 9.17) is 14.6 Å². The topological polar surface area (TPSA) is 119 Å². The first-order valence-electron chi connectivity index (χ1n) is 13.9. The second kappa shape index (κ2) is 12.5. The summed E-state index contributed by atoms with van der Waals surface area (Å²) in [4.78, 5) is 9.51. The van der Waals surface area contributed by atoms with Gasteiger partial charge < -0.3 is 24.2 Å². The number of fused-ring (bicyclic) bond motifs is 1. The molecule has 0 spiro atoms. The predicted octanol–water partition coefficient (Wildman–Crippen LogP) is 3.33. The summed E-state index contributed by atoms with van der Waals surface area (Å²) in [5.74, 6) is 1.14. The van der Waals surface area contributed by atoms with Gasteiger partial charge in [-0.05, 0) is 42.7 Å². The summed E-state index contributed by atoms with van der Waals surface area (Å²) in [6.07, 6.45) is 4.04. The van der Waals surface area contributed by atoms with E-state index < -0.39 is 11.3 Å². The van der Waals surface area contributed by atoms with Gasteiger partial charge in [0.2, 0.25) is 5.95 Å². The van der Waals surface area contributed by atoms with Gasteiger partial charge in [0.05, 0.1) is 43.4 Å². The Kier molecular flexibility index (Phi) is 8.44. The van der Waals surface area contributed by atoms with Crippen molar-refractivity contribution in [3.8, 4) is 17.0 Å². The molecule has 2 aliphatic rings. The fourth-order valence-corrected chi connectivity index (χ4v) is 6.03. The molecular weight excluding hydrogens is 542 g/mol. The van der Waals surface area contributed by atoms with Crippen molar-refractivity contribution < 1.29 is 18.2 Å². The maximum Gasteiger partial charge on any atom is 0.245 e. The number of ether oxygens (including phenoxy) is 2. The van der Waals surface area contributed by atoms with Crippen molar-refractivity contribution in [1.29, 1.82) is 0 Å². The van der Waals surface area contributed by atoms with Crippen LogP contribution in [0.4, 0.5) is 17.3 Å². The molecule has 2 aromatic carbocycles. The van der Waals surface area contributed by atoms with E-state index in [1.165, 1.54) is 0 Å². The van der Waals surface area contributed by atoms with Crippen molar-refractivity contribution in [1.82, 2.24) is 24.2 Å². The number of anilines is 3. The minimum absolute atomic E-state index is 0.185. The Labute approximate surface area is 241 Å². The third kappa shape index (κ3) is 6.21. The van der Waals surface area contributed by atoms with Gasteiger partial charge in [0.15, 0.2) is 0 Å². The number of nitrogens with zero attached hydrogens (tertiary/aromatic N) is 5. The number of morpholine rings is 1. The van der Waals surface area contributed by atoms with Gasteiger partial charge in [-0.3, -0.25) is 9.11 Å². The summed E-state index contributed by atoms with van der Waals surface area (Å²) < 4.78 is 37.7. The van der Waals surface area contributed by atoms with Crippen LogP contribution < -0.4 is 19.7 Å². The van der Waals surface area contributed by atoms with Gasteiger partial charge in [0, 0.05) is 67.3 Å². The highest BCUT2D eigenvalue weighted by molar-refractivity contribution is 7.77. The standard InChI is InChI=1S/C29H35N7O4S/c1-39-28-18-23(34-12-10-22(11-13-34)35-14-16-40-17-15-35)6-8-26(28)32-29-30-20-24-7-9-27(36(24)33-29)25-5-3-2-4-21(25)19-31-41(37)38/h2-9,18,20,22,31H,10-17,19H2,1H3,(H,32,33)(H,37,38)/p-1. The fourth-order valence-electron chi connectivity index (χ4n) is 5.76. The second-order valence-electron chi connectivity index (χ2n) is 10.2. The lowest BCUT2D eigenvalue weighted by Crippen LogP contribution is -2.49. The molecule has 2 saturated heterocycles. The molecule has 12 heteroatoms. The van der Waals surface area contributed by atoms with E-state index in [0.717, 1.165) is 91.7 Å². The molecule has 0 saturated carbocycles. The Hall–Kier alpha value is -3.55. The van der Waals surface area contributed by atoms with Gasteiger partial charge in [0.25, 0.3) is 0 Å². The van der Waals surface area contributed by atoms with Gasteiger partial charge in [-0.15, -0.1) is 5.10 Å². The summed E-state index contributed by atoms with van der Waals surface area (Å²) in [5.41, 5.74) is 5.30. The molecule has 11 nitrogen and oxygen atoms in total. The van der Waals surface area contributed by atoms with Crippen LogP contribution in [0, 0.1) is 0 Å². The number of piperidine rings is 1. The van der Waals surface area contributed by atoms with E-state index in [2.05, 4.69) is 37.0 Å². The molecule has 2 N–H and O–H groups in total. The van der Waals surface area contributed by atoms with Crippen LogP contribution in [-0.2, 0) is 22.5 Å². The third-order valence-electron chi connectivity index (χ3n) is 7.90. The van der Waals surface area contributed by atoms with E-state index in [-0.39, 0.29) is 6.54 Å². The molecule has 1 unspecified atom stereocenters. The number of benzene rings is 2. The van der Waals surface area contributed by atoms with E-state index in [1.54, 1.807) is 13.3 Å². The van der Waals surface area contributed by atoms with Crippen LogP contribution in [0.25, 0.3) is 16.8 Å². The summed E-state index contributed by atoms with van der Waals surface area (Å²) in [6.45, 7) is 5.94. The molecule has 0 aliphatic carbocycles. The molecular formula is C29H34N7O4S-. The van der Waals surface area contributed by atoms with Crippen LogP contribution in [0.1, 0.15) is 18.4 Å². The van der Waals surface area contributed by atoms with Crippen LogP contribution >= 0.6 is 0 Å². The lowest BCUT2D eigenvalue weighted by atomic mass is 10.0. The maximum atomic E-state index is 11.1. The summed E-state index contributed by atoms with van der Waals surface area (Å²) >= 11 is -2.35. The molecule has 2 fully saturated rings. The largest absolute Gasteiger partial charge is 0.760 e. The van der Waals surface area contributed by atoms with Gasteiger partial charge >= 0.3 is 0 Å². The van der Waals surface area contributed by atoms with Crippen molar-refractivity contribution >= 4 is 34.1 Å². The Morgan fingerprint density at radius 1 is 1.07 bits per heavy atom. The number of methoxy groups -OCH3 is 1. The van der Waals surface area contributed by atoms with E-state index >= 15 is 0 Å². The third-order valence-corrected chi connectivity index (χ3v) is 8.28. The average molecular weight is 577 g/mol. The van der Waals surface area contributed by atoms with Crippen LogP contribution in [0.2, 0.25) is 0 Å². The van der Waals surface area contributed by atoms with Crippen molar-refractivity contribution in [3.05, 3.63) is 66.4 Å². The summed E-state index contributed by atoms with van der Waals surface area (Å²) in [7, 11) is 1.67. The number of rotatable bonds is 9. The number of aromatic nitrogens is 3. The van der Waals surface area contributed by atoms with Crippen LogP contribution in [0.5, 0.6) is 5.75 Å². The van der Waals surface area contributed by atoms with Gasteiger partial charge in [-0.25, -0.2) is 14.2 Å². The van der Waals surface area contributed by atoms with Crippen molar-refractivity contribution in [3.63, 3.8) is 0 Å².